The number of carbonyl (C=O) groups is 2. The SMILES string of the molecule is CO[C@H]1/C=C/CCC[S@@](=O)(NC(=O)CCc2ccnn2CC(F)(F)F)=NC(=O)c2ccc3c(c2)N(C[C@@H]2CC[C@H]21)C[C@@]1(CCCc2cc(Cl)ccc21)CO3. The van der Waals surface area contributed by atoms with Crippen molar-refractivity contribution in [1.29, 1.82) is 0 Å². The second-order valence-corrected chi connectivity index (χ2v) is 17.4. The molecule has 3 heterocycles. The van der Waals surface area contributed by atoms with E-state index in [1.807, 2.05) is 12.1 Å². The number of nitrogens with one attached hydrogen (secondary N) is 1. The molecule has 5 atom stereocenters. The standard InChI is InChI=1S/C39H45ClF3N5O5S/c1-52-34-7-3-2-4-19-54(51,45-36(49)15-11-30-16-18-44-48(30)24-39(41,42)43)46-37(50)27-9-14-35-33(21-27)47(22-28-8-12-31(28)34)23-38(25-53-35)17-5-6-26-20-29(40)10-13-32(26)38/h3,7,9-10,13-14,16,18,20-21,28,31,34H,2,4-6,8,11-12,15,17,19,22-25H2,1H3,(H,45,46,49,50,51)/b7-3+/t28-,31+,34-,38-,54+/m0/s1. The van der Waals surface area contributed by atoms with Crippen LogP contribution in [0.1, 0.15) is 72.1 Å². The molecule has 4 aliphatic rings. The lowest BCUT2D eigenvalue weighted by Crippen LogP contribution is -2.49. The van der Waals surface area contributed by atoms with E-state index in [9.17, 15) is 27.0 Å². The molecule has 54 heavy (non-hydrogen) atoms. The Bertz CT molecular complexity index is 2050. The molecule has 2 aromatic carbocycles. The second-order valence-electron chi connectivity index (χ2n) is 14.9. The Morgan fingerprint density at radius 3 is 2.80 bits per heavy atom. The first-order valence-corrected chi connectivity index (χ1v) is 20.6. The number of allylic oxidation sites excluding steroid dienone is 1. The highest BCUT2D eigenvalue weighted by atomic mass is 35.5. The summed E-state index contributed by atoms with van der Waals surface area (Å²) in [6.45, 7) is 0.553. The van der Waals surface area contributed by atoms with Crippen LogP contribution >= 0.6 is 11.6 Å². The van der Waals surface area contributed by atoms with Gasteiger partial charge in [-0.25, -0.2) is 4.21 Å². The number of fused-ring (bicyclic) bond motifs is 4. The number of amides is 2. The van der Waals surface area contributed by atoms with Gasteiger partial charge in [-0.15, -0.1) is 4.36 Å². The molecule has 2 aliphatic carbocycles. The van der Waals surface area contributed by atoms with Gasteiger partial charge in [-0.1, -0.05) is 29.8 Å². The number of carbonyl (C=O) groups excluding carboxylic acids is 2. The summed E-state index contributed by atoms with van der Waals surface area (Å²) in [4.78, 5) is 29.4. The molecule has 0 unspecified atom stereocenters. The van der Waals surface area contributed by atoms with Gasteiger partial charge < -0.3 is 14.4 Å². The number of hydrogen-bond donors (Lipinski definition) is 1. The van der Waals surface area contributed by atoms with Crippen LogP contribution in [0, 0.1) is 11.8 Å². The third-order valence-electron chi connectivity index (χ3n) is 11.3. The molecule has 1 N–H and O–H groups in total. The number of nitrogens with zero attached hydrogens (tertiary/aromatic N) is 4. The van der Waals surface area contributed by atoms with E-state index < -0.39 is 34.5 Å². The quantitative estimate of drug-likeness (QED) is 0.262. The normalized spacial score (nSPS) is 27.8. The number of aryl methyl sites for hydroxylation is 2. The van der Waals surface area contributed by atoms with Gasteiger partial charge >= 0.3 is 6.18 Å². The van der Waals surface area contributed by atoms with Crippen molar-refractivity contribution in [3.05, 3.63) is 88.2 Å². The minimum Gasteiger partial charge on any atom is -0.490 e. The molecule has 290 valence electrons. The van der Waals surface area contributed by atoms with Gasteiger partial charge in [0.15, 0.2) is 0 Å². The lowest BCUT2D eigenvalue weighted by Gasteiger charge is -2.46. The molecule has 0 saturated heterocycles. The third kappa shape index (κ3) is 8.50. The average Bonchev–Trinajstić information content (AvgIpc) is 3.48. The van der Waals surface area contributed by atoms with Crippen LogP contribution < -0.4 is 14.4 Å². The van der Waals surface area contributed by atoms with Crippen LogP contribution in [-0.4, -0.2) is 70.6 Å². The van der Waals surface area contributed by atoms with E-state index in [0.717, 1.165) is 49.0 Å². The number of ether oxygens (including phenoxy) is 2. The minimum absolute atomic E-state index is 0.0751. The van der Waals surface area contributed by atoms with Gasteiger partial charge in [0.05, 0.1) is 24.2 Å². The van der Waals surface area contributed by atoms with Gasteiger partial charge in [0.2, 0.25) is 5.91 Å². The highest BCUT2D eigenvalue weighted by molar-refractivity contribution is 7.92. The maximum Gasteiger partial charge on any atom is 0.408 e. The summed E-state index contributed by atoms with van der Waals surface area (Å²) in [5.74, 6) is -0.270. The van der Waals surface area contributed by atoms with Crippen molar-refractivity contribution >= 4 is 39.0 Å². The Morgan fingerprint density at radius 1 is 1.17 bits per heavy atom. The first-order chi connectivity index (χ1) is 25.8. The monoisotopic (exact) mass is 787 g/mol. The largest absolute Gasteiger partial charge is 0.490 e. The smallest absolute Gasteiger partial charge is 0.408 e. The second kappa shape index (κ2) is 15.7. The molecule has 0 radical (unpaired) electrons. The van der Waals surface area contributed by atoms with Gasteiger partial charge in [-0.05, 0) is 111 Å². The van der Waals surface area contributed by atoms with Gasteiger partial charge in [-0.3, -0.25) is 19.0 Å². The van der Waals surface area contributed by atoms with E-state index >= 15 is 0 Å². The topological polar surface area (TPSA) is 115 Å². The number of hydrogen-bond acceptors (Lipinski definition) is 7. The van der Waals surface area contributed by atoms with E-state index in [2.05, 4.69) is 37.3 Å². The molecule has 1 aromatic heterocycles. The molecule has 3 aromatic rings. The van der Waals surface area contributed by atoms with Crippen LogP contribution in [0.4, 0.5) is 18.9 Å². The highest BCUT2D eigenvalue weighted by Gasteiger charge is 2.44. The van der Waals surface area contributed by atoms with Gasteiger partial charge in [0.1, 0.15) is 22.2 Å². The zero-order chi connectivity index (χ0) is 38.1. The molecular formula is C39H45ClF3N5O5S. The fraction of sp³-hybridized carbons (Fsp3) is 0.513. The van der Waals surface area contributed by atoms with Gasteiger partial charge in [0.25, 0.3) is 5.91 Å². The Balaban J connectivity index is 1.20. The number of rotatable bonds is 6. The Kier molecular flexibility index (Phi) is 11.2. The maximum absolute atomic E-state index is 14.3. The zero-order valence-corrected chi connectivity index (χ0v) is 31.7. The molecule has 1 fully saturated rings. The number of halogens is 4. The Morgan fingerprint density at radius 2 is 2.02 bits per heavy atom. The predicted octanol–water partition coefficient (Wildman–Crippen LogP) is 7.24. The van der Waals surface area contributed by atoms with Crippen molar-refractivity contribution < 1.29 is 36.4 Å². The fourth-order valence-electron chi connectivity index (χ4n) is 8.47. The summed E-state index contributed by atoms with van der Waals surface area (Å²) < 4.78 is 73.3. The van der Waals surface area contributed by atoms with Crippen LogP contribution in [0.15, 0.2) is 65.2 Å². The molecule has 15 heteroatoms. The van der Waals surface area contributed by atoms with E-state index in [0.29, 0.717) is 42.7 Å². The van der Waals surface area contributed by atoms with Crippen molar-refractivity contribution in [1.82, 2.24) is 14.5 Å². The zero-order valence-electron chi connectivity index (χ0n) is 30.2. The van der Waals surface area contributed by atoms with Crippen LogP contribution in [0.5, 0.6) is 5.75 Å². The lowest BCUT2D eigenvalue weighted by atomic mass is 9.68. The highest BCUT2D eigenvalue weighted by Crippen LogP contribution is 2.47. The van der Waals surface area contributed by atoms with E-state index in [1.54, 1.807) is 25.3 Å². The van der Waals surface area contributed by atoms with E-state index in [1.165, 1.54) is 23.4 Å². The molecule has 1 saturated carbocycles. The summed E-state index contributed by atoms with van der Waals surface area (Å²) in [5.41, 5.74) is 3.31. The molecule has 10 nitrogen and oxygen atoms in total. The van der Waals surface area contributed by atoms with Crippen molar-refractivity contribution in [3.63, 3.8) is 0 Å². The van der Waals surface area contributed by atoms with Gasteiger partial charge in [0, 0.05) is 54.5 Å². The summed E-state index contributed by atoms with van der Waals surface area (Å²) in [6.07, 6.45) is 6.12. The van der Waals surface area contributed by atoms with Crippen molar-refractivity contribution in [3.8, 4) is 5.75 Å². The number of benzene rings is 2. The minimum atomic E-state index is -4.48. The molecule has 2 aliphatic heterocycles. The summed E-state index contributed by atoms with van der Waals surface area (Å²) in [5, 5.41) is 4.42. The van der Waals surface area contributed by atoms with E-state index in [-0.39, 0.29) is 47.3 Å². The summed E-state index contributed by atoms with van der Waals surface area (Å²) >= 11 is 6.43. The Hall–Kier alpha value is -3.88. The van der Waals surface area contributed by atoms with Crippen molar-refractivity contribution in [2.75, 3.05) is 37.5 Å². The number of alkyl halides is 3. The number of aromatic nitrogens is 2. The summed E-state index contributed by atoms with van der Waals surface area (Å²) in [7, 11) is -1.91. The van der Waals surface area contributed by atoms with Crippen LogP contribution in [-0.2, 0) is 44.2 Å². The maximum atomic E-state index is 14.3. The summed E-state index contributed by atoms with van der Waals surface area (Å²) in [6, 6.07) is 12.7. The molecule has 7 rings (SSSR count). The Labute approximate surface area is 318 Å². The van der Waals surface area contributed by atoms with Crippen molar-refractivity contribution in [2.24, 2.45) is 16.2 Å². The molecule has 2 bridgehead atoms. The molecular weight excluding hydrogens is 743 g/mol. The van der Waals surface area contributed by atoms with Crippen LogP contribution in [0.25, 0.3) is 0 Å². The van der Waals surface area contributed by atoms with Crippen LogP contribution in [0.3, 0.4) is 0 Å². The molecule has 1 spiro atoms. The van der Waals surface area contributed by atoms with E-state index in [4.69, 9.17) is 21.1 Å². The van der Waals surface area contributed by atoms with Crippen LogP contribution in [0.2, 0.25) is 5.02 Å². The van der Waals surface area contributed by atoms with Crippen molar-refractivity contribution in [2.45, 2.75) is 82.0 Å². The fourth-order valence-corrected chi connectivity index (χ4v) is 10.3. The predicted molar refractivity (Wildman–Crippen MR) is 200 cm³/mol. The average molecular weight is 788 g/mol. The molecule has 2 amide bonds. The number of anilines is 1. The first kappa shape index (κ1) is 38.4. The first-order valence-electron chi connectivity index (χ1n) is 18.5. The van der Waals surface area contributed by atoms with Gasteiger partial charge in [-0.2, -0.15) is 18.3 Å². The number of methoxy groups -OCH3 is 1. The lowest BCUT2D eigenvalue weighted by molar-refractivity contribution is -0.143. The third-order valence-corrected chi connectivity index (χ3v) is 13.4.